The lowest BCUT2D eigenvalue weighted by Crippen LogP contribution is -2.44. The number of rotatable bonds is 8. The molecule has 0 fully saturated rings. The highest BCUT2D eigenvalue weighted by Crippen LogP contribution is 2.30. The fraction of sp³-hybridized carbons (Fsp3) is 0.318. The van der Waals surface area contributed by atoms with Gasteiger partial charge in [0.25, 0.3) is 11.6 Å². The second kappa shape index (κ2) is 10.7. The minimum atomic E-state index is -0.846. The average Bonchev–Trinajstić information content (AvgIpc) is 3.20. The number of nitrogens with zero attached hydrogens (tertiary/aromatic N) is 2. The van der Waals surface area contributed by atoms with Crippen LogP contribution in [0.5, 0.6) is 0 Å². The summed E-state index contributed by atoms with van der Waals surface area (Å²) in [4.78, 5) is 49.5. The van der Waals surface area contributed by atoms with Gasteiger partial charge >= 0.3 is 0 Å². The van der Waals surface area contributed by atoms with Crippen LogP contribution in [0.1, 0.15) is 29.3 Å². The summed E-state index contributed by atoms with van der Waals surface area (Å²) in [5.41, 5.74) is 2.01. The Bertz CT molecular complexity index is 1110. The molecule has 9 nitrogen and oxygen atoms in total. The third-order valence-corrected chi connectivity index (χ3v) is 6.22. The molecule has 174 valence electrons. The van der Waals surface area contributed by atoms with E-state index in [-0.39, 0.29) is 22.2 Å². The highest BCUT2D eigenvalue weighted by Gasteiger charge is 2.25. The molecule has 3 amide bonds. The number of nitro benzene ring substituents is 1. The first kappa shape index (κ1) is 24.5. The van der Waals surface area contributed by atoms with Crippen molar-refractivity contribution in [3.63, 3.8) is 0 Å². The molecule has 0 aliphatic carbocycles. The summed E-state index contributed by atoms with van der Waals surface area (Å²) in [6, 6.07) is 8.22. The predicted molar refractivity (Wildman–Crippen MR) is 129 cm³/mol. The van der Waals surface area contributed by atoms with Gasteiger partial charge < -0.3 is 15.5 Å². The monoisotopic (exact) mass is 490 g/mol. The molecule has 1 unspecified atom stereocenters. The van der Waals surface area contributed by atoms with Gasteiger partial charge in [0.2, 0.25) is 11.8 Å². The molecule has 2 aromatic rings. The Kier molecular flexibility index (Phi) is 7.93. The van der Waals surface area contributed by atoms with Crippen molar-refractivity contribution in [2.24, 2.45) is 0 Å². The largest absolute Gasteiger partial charge is 0.340 e. The highest BCUT2D eigenvalue weighted by atomic mass is 35.5. The molecule has 1 atom stereocenters. The van der Waals surface area contributed by atoms with E-state index < -0.39 is 22.8 Å². The van der Waals surface area contributed by atoms with E-state index in [0.29, 0.717) is 30.8 Å². The molecule has 3 rings (SSSR count). The molecule has 0 saturated heterocycles. The van der Waals surface area contributed by atoms with E-state index in [9.17, 15) is 24.5 Å². The molecule has 0 saturated carbocycles. The number of carbonyl (C=O) groups excluding carboxylic acids is 3. The smallest absolute Gasteiger partial charge is 0.288 e. The Labute approximate surface area is 200 Å². The van der Waals surface area contributed by atoms with E-state index in [1.54, 1.807) is 17.0 Å². The maximum Gasteiger partial charge on any atom is 0.288 e. The Morgan fingerprint density at radius 2 is 2.00 bits per heavy atom. The van der Waals surface area contributed by atoms with Crippen LogP contribution in [0.15, 0.2) is 36.4 Å². The number of halogens is 1. The number of hydrogen-bond donors (Lipinski definition) is 2. The number of thioether (sulfide) groups is 1. The summed E-state index contributed by atoms with van der Waals surface area (Å²) < 4.78 is 0. The normalized spacial score (nSPS) is 13.2. The SMILES string of the molecule is CSCCC(NC(=O)c1ccc(Cl)c([N+](=O)[O-])c1)C(=O)Nc1ccc2c(c1)CCN2C(C)=O. The molecular formula is C22H23ClN4O5S. The van der Waals surface area contributed by atoms with Gasteiger partial charge in [-0.15, -0.1) is 0 Å². The number of nitro groups is 1. The number of benzene rings is 2. The molecule has 2 aromatic carbocycles. The maximum atomic E-state index is 13.0. The van der Waals surface area contributed by atoms with Gasteiger partial charge in [0, 0.05) is 36.5 Å². The number of hydrogen-bond acceptors (Lipinski definition) is 6. The van der Waals surface area contributed by atoms with Crippen LogP contribution in [-0.2, 0) is 16.0 Å². The first-order valence-corrected chi connectivity index (χ1v) is 11.9. The highest BCUT2D eigenvalue weighted by molar-refractivity contribution is 7.98. The maximum absolute atomic E-state index is 13.0. The van der Waals surface area contributed by atoms with E-state index in [2.05, 4.69) is 10.6 Å². The number of amides is 3. The van der Waals surface area contributed by atoms with E-state index in [1.165, 1.54) is 30.8 Å². The number of anilines is 2. The molecule has 2 N–H and O–H groups in total. The van der Waals surface area contributed by atoms with Crippen LogP contribution in [0.4, 0.5) is 17.1 Å². The topological polar surface area (TPSA) is 122 Å². The fourth-order valence-corrected chi connectivity index (χ4v) is 4.23. The lowest BCUT2D eigenvalue weighted by molar-refractivity contribution is -0.384. The van der Waals surface area contributed by atoms with Gasteiger partial charge in [0.05, 0.1) is 4.92 Å². The van der Waals surface area contributed by atoms with Crippen molar-refractivity contribution in [3.05, 3.63) is 62.7 Å². The van der Waals surface area contributed by atoms with Crippen LogP contribution in [0, 0.1) is 10.1 Å². The van der Waals surface area contributed by atoms with E-state index >= 15 is 0 Å². The van der Waals surface area contributed by atoms with Crippen LogP contribution in [-0.4, -0.2) is 47.2 Å². The molecular weight excluding hydrogens is 468 g/mol. The van der Waals surface area contributed by atoms with Crippen molar-refractivity contribution < 1.29 is 19.3 Å². The predicted octanol–water partition coefficient (Wildman–Crippen LogP) is 3.65. The van der Waals surface area contributed by atoms with Crippen molar-refractivity contribution in [1.82, 2.24) is 5.32 Å². The second-order valence-electron chi connectivity index (χ2n) is 7.48. The van der Waals surface area contributed by atoms with Gasteiger partial charge in [-0.05, 0) is 60.7 Å². The van der Waals surface area contributed by atoms with Gasteiger partial charge in [-0.3, -0.25) is 24.5 Å². The standard InChI is InChI=1S/C22H23ClN4O5S/c1-13(28)26-9-7-14-11-16(4-6-19(14)26)24-22(30)18(8-10-33-2)25-21(29)15-3-5-17(23)20(12-15)27(31)32/h3-6,11-12,18H,7-10H2,1-2H3,(H,24,30)(H,25,29). The number of carbonyl (C=O) groups is 3. The third-order valence-electron chi connectivity index (χ3n) is 5.26. The van der Waals surface area contributed by atoms with Gasteiger partial charge in [0.15, 0.2) is 0 Å². The average molecular weight is 491 g/mol. The number of nitrogens with one attached hydrogen (secondary N) is 2. The zero-order chi connectivity index (χ0) is 24.1. The van der Waals surface area contributed by atoms with E-state index in [0.717, 1.165) is 17.3 Å². The van der Waals surface area contributed by atoms with E-state index in [1.807, 2.05) is 12.3 Å². The molecule has 0 aromatic heterocycles. The lowest BCUT2D eigenvalue weighted by Gasteiger charge is -2.19. The van der Waals surface area contributed by atoms with Gasteiger partial charge in [0.1, 0.15) is 11.1 Å². The summed E-state index contributed by atoms with van der Waals surface area (Å²) in [6.07, 6.45) is 2.96. The van der Waals surface area contributed by atoms with Crippen LogP contribution in [0.2, 0.25) is 5.02 Å². The zero-order valence-electron chi connectivity index (χ0n) is 18.1. The van der Waals surface area contributed by atoms with Crippen molar-refractivity contribution >= 4 is 58.1 Å². The molecule has 0 bridgehead atoms. The number of fused-ring (bicyclic) bond motifs is 1. The van der Waals surface area contributed by atoms with Crippen molar-refractivity contribution in [2.45, 2.75) is 25.8 Å². The van der Waals surface area contributed by atoms with Gasteiger partial charge in [-0.1, -0.05) is 11.6 Å². The van der Waals surface area contributed by atoms with Gasteiger partial charge in [-0.2, -0.15) is 11.8 Å². The lowest BCUT2D eigenvalue weighted by atomic mass is 10.1. The van der Waals surface area contributed by atoms with E-state index in [4.69, 9.17) is 11.6 Å². The minimum Gasteiger partial charge on any atom is -0.340 e. The quantitative estimate of drug-likeness (QED) is 0.430. The van der Waals surface area contributed by atoms with Crippen LogP contribution in [0.3, 0.4) is 0 Å². The Morgan fingerprint density at radius 3 is 2.67 bits per heavy atom. The molecule has 1 aliphatic heterocycles. The Hall–Kier alpha value is -3.11. The molecule has 1 heterocycles. The zero-order valence-corrected chi connectivity index (χ0v) is 19.7. The third kappa shape index (κ3) is 5.82. The Balaban J connectivity index is 1.74. The summed E-state index contributed by atoms with van der Waals surface area (Å²) in [5, 5.41) is 16.5. The summed E-state index contributed by atoms with van der Waals surface area (Å²) >= 11 is 7.34. The fourth-order valence-electron chi connectivity index (χ4n) is 3.58. The first-order valence-electron chi connectivity index (χ1n) is 10.2. The first-order chi connectivity index (χ1) is 15.7. The molecule has 11 heteroatoms. The van der Waals surface area contributed by atoms with Crippen molar-refractivity contribution in [3.8, 4) is 0 Å². The molecule has 0 spiro atoms. The molecule has 33 heavy (non-hydrogen) atoms. The van der Waals surface area contributed by atoms with Crippen LogP contribution >= 0.6 is 23.4 Å². The summed E-state index contributed by atoms with van der Waals surface area (Å²) in [5.74, 6) is -0.422. The molecule has 1 aliphatic rings. The molecule has 0 radical (unpaired) electrons. The van der Waals surface area contributed by atoms with Crippen LogP contribution in [0.25, 0.3) is 0 Å². The minimum absolute atomic E-state index is 0.0344. The summed E-state index contributed by atoms with van der Waals surface area (Å²) in [7, 11) is 0. The summed E-state index contributed by atoms with van der Waals surface area (Å²) in [6.45, 7) is 2.11. The van der Waals surface area contributed by atoms with Crippen molar-refractivity contribution in [1.29, 1.82) is 0 Å². The van der Waals surface area contributed by atoms with Crippen LogP contribution < -0.4 is 15.5 Å². The second-order valence-corrected chi connectivity index (χ2v) is 8.88. The van der Waals surface area contributed by atoms with Gasteiger partial charge in [-0.25, -0.2) is 0 Å². The van der Waals surface area contributed by atoms with Crippen molar-refractivity contribution in [2.75, 3.05) is 28.8 Å². The Morgan fingerprint density at radius 1 is 1.24 bits per heavy atom.